The van der Waals surface area contributed by atoms with Gasteiger partial charge in [-0.3, -0.25) is 4.79 Å². The molecule has 0 aliphatic heterocycles. The normalized spacial score (nSPS) is 10.1. The highest BCUT2D eigenvalue weighted by Crippen LogP contribution is 2.17. The molecule has 0 aliphatic rings. The lowest BCUT2D eigenvalue weighted by atomic mass is 10.1. The minimum absolute atomic E-state index is 0.115. The number of nitrogens with two attached hydrogens (primary N) is 1. The van der Waals surface area contributed by atoms with Crippen LogP contribution in [0.2, 0.25) is 0 Å². The van der Waals surface area contributed by atoms with E-state index < -0.39 is 11.7 Å². The fourth-order valence-electron chi connectivity index (χ4n) is 1.84. The molecule has 3 N–H and O–H groups in total. The van der Waals surface area contributed by atoms with Gasteiger partial charge in [-0.1, -0.05) is 6.07 Å². The van der Waals surface area contributed by atoms with Crippen LogP contribution < -0.4 is 20.5 Å². The van der Waals surface area contributed by atoms with Gasteiger partial charge in [0.25, 0.3) is 5.91 Å². The number of hydrogen-bond donors (Lipinski definition) is 2. The van der Waals surface area contributed by atoms with Gasteiger partial charge in [0.2, 0.25) is 0 Å². The molecule has 0 saturated carbocycles. The van der Waals surface area contributed by atoms with Gasteiger partial charge < -0.3 is 20.5 Å². The molecule has 116 valence electrons. The van der Waals surface area contributed by atoms with Gasteiger partial charge in [0.1, 0.15) is 23.9 Å². The number of nitrogens with one attached hydrogen (secondary N) is 1. The van der Waals surface area contributed by atoms with Crippen molar-refractivity contribution < 1.29 is 18.7 Å². The standard InChI is InChI=1S/C16H17FN2O3/c1-21-11-5-7-12(8-6-11)22-10-9-19-16(20)13-3-2-4-14(17)15(13)18/h2-8H,9-10,18H2,1H3,(H,19,20). The quantitative estimate of drug-likeness (QED) is 0.634. The van der Waals surface area contributed by atoms with Crippen molar-refractivity contribution in [3.8, 4) is 11.5 Å². The zero-order chi connectivity index (χ0) is 15.9. The molecule has 0 heterocycles. The summed E-state index contributed by atoms with van der Waals surface area (Å²) in [5.74, 6) is 0.361. The van der Waals surface area contributed by atoms with Gasteiger partial charge in [0, 0.05) is 0 Å². The smallest absolute Gasteiger partial charge is 0.253 e. The van der Waals surface area contributed by atoms with Crippen LogP contribution >= 0.6 is 0 Å². The third kappa shape index (κ3) is 3.88. The number of rotatable bonds is 6. The van der Waals surface area contributed by atoms with Crippen molar-refractivity contribution >= 4 is 11.6 Å². The van der Waals surface area contributed by atoms with Crippen LogP contribution in [0.1, 0.15) is 10.4 Å². The van der Waals surface area contributed by atoms with Crippen LogP contribution in [0, 0.1) is 5.82 Å². The Morgan fingerprint density at radius 2 is 1.86 bits per heavy atom. The molecule has 0 saturated heterocycles. The van der Waals surface area contributed by atoms with Crippen molar-refractivity contribution in [2.24, 2.45) is 0 Å². The molecular formula is C16H17FN2O3. The van der Waals surface area contributed by atoms with E-state index in [-0.39, 0.29) is 24.4 Å². The second kappa shape index (κ2) is 7.31. The molecule has 5 nitrogen and oxygen atoms in total. The predicted octanol–water partition coefficient (Wildman–Crippen LogP) is 2.23. The minimum atomic E-state index is -0.609. The largest absolute Gasteiger partial charge is 0.497 e. The lowest BCUT2D eigenvalue weighted by molar-refractivity contribution is 0.0947. The van der Waals surface area contributed by atoms with Crippen molar-refractivity contribution in [3.63, 3.8) is 0 Å². The van der Waals surface area contributed by atoms with Gasteiger partial charge in [-0.2, -0.15) is 0 Å². The van der Waals surface area contributed by atoms with E-state index in [9.17, 15) is 9.18 Å². The van der Waals surface area contributed by atoms with Crippen molar-refractivity contribution in [2.75, 3.05) is 26.0 Å². The molecule has 0 aliphatic carbocycles. The van der Waals surface area contributed by atoms with Gasteiger partial charge in [-0.15, -0.1) is 0 Å². The zero-order valence-corrected chi connectivity index (χ0v) is 12.1. The van der Waals surface area contributed by atoms with E-state index in [0.29, 0.717) is 5.75 Å². The average Bonchev–Trinajstić information content (AvgIpc) is 2.54. The fraction of sp³-hybridized carbons (Fsp3) is 0.188. The van der Waals surface area contributed by atoms with Crippen molar-refractivity contribution in [1.82, 2.24) is 5.32 Å². The summed E-state index contributed by atoms with van der Waals surface area (Å²) in [6, 6.07) is 11.2. The molecule has 6 heteroatoms. The van der Waals surface area contributed by atoms with Gasteiger partial charge >= 0.3 is 0 Å². The number of carbonyl (C=O) groups is 1. The average molecular weight is 304 g/mol. The van der Waals surface area contributed by atoms with E-state index in [2.05, 4.69) is 5.32 Å². The van der Waals surface area contributed by atoms with Crippen LogP contribution in [0.3, 0.4) is 0 Å². The number of carbonyl (C=O) groups excluding carboxylic acids is 1. The SMILES string of the molecule is COc1ccc(OCCNC(=O)c2cccc(F)c2N)cc1. The number of para-hydroxylation sites is 1. The molecule has 0 bridgehead atoms. The highest BCUT2D eigenvalue weighted by molar-refractivity contribution is 5.99. The van der Waals surface area contributed by atoms with Crippen molar-refractivity contribution in [2.45, 2.75) is 0 Å². The van der Waals surface area contributed by atoms with Crippen LogP contribution in [0.25, 0.3) is 0 Å². The number of anilines is 1. The van der Waals surface area contributed by atoms with Crippen LogP contribution in [-0.4, -0.2) is 26.2 Å². The maximum Gasteiger partial charge on any atom is 0.253 e. The highest BCUT2D eigenvalue weighted by Gasteiger charge is 2.11. The number of nitrogen functional groups attached to an aromatic ring is 1. The summed E-state index contributed by atoms with van der Waals surface area (Å²) in [6.07, 6.45) is 0. The Morgan fingerprint density at radius 3 is 2.55 bits per heavy atom. The van der Waals surface area contributed by atoms with Crippen LogP contribution in [0.5, 0.6) is 11.5 Å². The Labute approximate surface area is 127 Å². The Bertz CT molecular complexity index is 644. The molecule has 1 amide bonds. The topological polar surface area (TPSA) is 73.6 Å². The molecule has 0 fully saturated rings. The van der Waals surface area contributed by atoms with E-state index in [0.717, 1.165) is 5.75 Å². The first-order valence-electron chi connectivity index (χ1n) is 6.71. The molecule has 22 heavy (non-hydrogen) atoms. The first kappa shape index (κ1) is 15.6. The van der Waals surface area contributed by atoms with Gasteiger partial charge in [-0.05, 0) is 36.4 Å². The summed E-state index contributed by atoms with van der Waals surface area (Å²) >= 11 is 0. The van der Waals surface area contributed by atoms with E-state index in [4.69, 9.17) is 15.2 Å². The predicted molar refractivity (Wildman–Crippen MR) is 81.6 cm³/mol. The summed E-state index contributed by atoms with van der Waals surface area (Å²) in [6.45, 7) is 0.564. The lowest BCUT2D eigenvalue weighted by Gasteiger charge is -2.09. The summed E-state index contributed by atoms with van der Waals surface area (Å²) in [4.78, 5) is 11.9. The lowest BCUT2D eigenvalue weighted by Crippen LogP contribution is -2.28. The molecule has 0 unspecified atom stereocenters. The van der Waals surface area contributed by atoms with E-state index in [1.165, 1.54) is 18.2 Å². The maximum atomic E-state index is 13.3. The van der Waals surface area contributed by atoms with Crippen LogP contribution in [-0.2, 0) is 0 Å². The second-order valence-electron chi connectivity index (χ2n) is 4.48. The number of amides is 1. The third-order valence-corrected chi connectivity index (χ3v) is 3.01. The maximum absolute atomic E-state index is 13.3. The molecule has 0 aromatic heterocycles. The van der Waals surface area contributed by atoms with Crippen molar-refractivity contribution in [3.05, 3.63) is 53.8 Å². The number of hydrogen-bond acceptors (Lipinski definition) is 4. The van der Waals surface area contributed by atoms with Gasteiger partial charge in [0.15, 0.2) is 0 Å². The number of ether oxygens (including phenoxy) is 2. The van der Waals surface area contributed by atoms with Gasteiger partial charge in [-0.25, -0.2) is 4.39 Å². The molecule has 0 spiro atoms. The Balaban J connectivity index is 1.80. The second-order valence-corrected chi connectivity index (χ2v) is 4.48. The van der Waals surface area contributed by atoms with Crippen LogP contribution in [0.4, 0.5) is 10.1 Å². The Kier molecular flexibility index (Phi) is 5.19. The van der Waals surface area contributed by atoms with Crippen molar-refractivity contribution in [1.29, 1.82) is 0 Å². The summed E-state index contributed by atoms with van der Waals surface area (Å²) in [5, 5.41) is 2.62. The monoisotopic (exact) mass is 304 g/mol. The molecule has 0 radical (unpaired) electrons. The molecule has 2 aromatic carbocycles. The molecule has 2 rings (SSSR count). The summed E-state index contributed by atoms with van der Waals surface area (Å²) in [7, 11) is 1.59. The number of halogens is 1. The fourth-order valence-corrected chi connectivity index (χ4v) is 1.84. The van der Waals surface area contributed by atoms with Gasteiger partial charge in [0.05, 0.1) is 24.9 Å². The minimum Gasteiger partial charge on any atom is -0.497 e. The van der Waals surface area contributed by atoms with E-state index in [1.807, 2.05) is 0 Å². The number of benzene rings is 2. The summed E-state index contributed by atoms with van der Waals surface area (Å²) < 4.78 is 23.8. The Hall–Kier alpha value is -2.76. The molecule has 2 aromatic rings. The highest BCUT2D eigenvalue weighted by atomic mass is 19.1. The van der Waals surface area contributed by atoms with E-state index >= 15 is 0 Å². The summed E-state index contributed by atoms with van der Waals surface area (Å²) in [5.41, 5.74) is 5.49. The third-order valence-electron chi connectivity index (χ3n) is 3.01. The first-order valence-corrected chi connectivity index (χ1v) is 6.71. The van der Waals surface area contributed by atoms with Crippen LogP contribution in [0.15, 0.2) is 42.5 Å². The molecular weight excluding hydrogens is 287 g/mol. The number of methoxy groups -OCH3 is 1. The van der Waals surface area contributed by atoms with E-state index in [1.54, 1.807) is 31.4 Å². The molecule has 0 atom stereocenters. The first-order chi connectivity index (χ1) is 10.6. The zero-order valence-electron chi connectivity index (χ0n) is 12.1. The Morgan fingerprint density at radius 1 is 1.18 bits per heavy atom.